The van der Waals surface area contributed by atoms with Gasteiger partial charge in [0.05, 0.1) is 12.8 Å². The van der Waals surface area contributed by atoms with Gasteiger partial charge in [0.15, 0.2) is 0 Å². The molecule has 21 heavy (non-hydrogen) atoms. The summed E-state index contributed by atoms with van der Waals surface area (Å²) in [5.41, 5.74) is 1.08. The van der Waals surface area contributed by atoms with E-state index in [2.05, 4.69) is 4.98 Å². The lowest BCUT2D eigenvalue weighted by Gasteiger charge is -2.11. The summed E-state index contributed by atoms with van der Waals surface area (Å²) in [6.07, 6.45) is 2.29. The quantitative estimate of drug-likeness (QED) is 0.790. The van der Waals surface area contributed by atoms with Gasteiger partial charge >= 0.3 is 5.97 Å². The Labute approximate surface area is 127 Å². The maximum Gasteiger partial charge on any atom is 0.350 e. The Kier molecular flexibility index (Phi) is 4.74. The summed E-state index contributed by atoms with van der Waals surface area (Å²) in [6.45, 7) is 2.19. The number of ether oxygens (including phenoxy) is 1. The molecule has 2 rings (SSSR count). The van der Waals surface area contributed by atoms with E-state index in [0.717, 1.165) is 23.2 Å². The lowest BCUT2D eigenvalue weighted by Crippen LogP contribution is -2.10. The predicted octanol–water partition coefficient (Wildman–Crippen LogP) is 2.51. The molecule has 7 heteroatoms. The van der Waals surface area contributed by atoms with E-state index >= 15 is 0 Å². The minimum Gasteiger partial charge on any atom is -0.461 e. The van der Waals surface area contributed by atoms with Crippen molar-refractivity contribution in [3.63, 3.8) is 0 Å². The first kappa shape index (κ1) is 15.7. The fourth-order valence-corrected chi connectivity index (χ4v) is 3.33. The summed E-state index contributed by atoms with van der Waals surface area (Å²) in [4.78, 5) is 15.8. The summed E-state index contributed by atoms with van der Waals surface area (Å²) >= 11 is 0.822. The fraction of sp³-hybridized carbons (Fsp3) is 0.286. The van der Waals surface area contributed by atoms with E-state index in [1.54, 1.807) is 0 Å². The van der Waals surface area contributed by atoms with Crippen LogP contribution in [-0.2, 0) is 14.6 Å². The van der Waals surface area contributed by atoms with Gasteiger partial charge in [-0.15, -0.1) is 0 Å². The molecule has 0 saturated carbocycles. The van der Waals surface area contributed by atoms with E-state index in [9.17, 15) is 13.2 Å². The molecule has 0 fully saturated rings. The molecule has 1 aromatic heterocycles. The van der Waals surface area contributed by atoms with E-state index in [1.165, 1.54) is 6.20 Å². The summed E-state index contributed by atoms with van der Waals surface area (Å²) in [6, 6.07) is 9.71. The third-order valence-electron chi connectivity index (χ3n) is 2.84. The van der Waals surface area contributed by atoms with Crippen LogP contribution >= 0.6 is 11.3 Å². The van der Waals surface area contributed by atoms with Crippen molar-refractivity contribution >= 4 is 27.1 Å². The van der Waals surface area contributed by atoms with Gasteiger partial charge in [-0.25, -0.2) is 18.2 Å². The van der Waals surface area contributed by atoms with Gasteiger partial charge < -0.3 is 4.74 Å². The predicted molar refractivity (Wildman–Crippen MR) is 80.4 cm³/mol. The summed E-state index contributed by atoms with van der Waals surface area (Å²) < 4.78 is 27.8. The number of rotatable bonds is 5. The van der Waals surface area contributed by atoms with Crippen LogP contribution < -0.4 is 0 Å². The average Bonchev–Trinajstić information content (AvgIpc) is 2.95. The Bertz CT molecular complexity index is 722. The lowest BCUT2D eigenvalue weighted by atomic mass is 10.0. The maximum absolute atomic E-state index is 11.9. The molecule has 5 nitrogen and oxygen atoms in total. The number of carbonyl (C=O) groups is 1. The molecule has 1 heterocycles. The number of sulfone groups is 1. The fourth-order valence-electron chi connectivity index (χ4n) is 1.67. The number of carbonyl (C=O) groups excluding carboxylic acids is 1. The lowest BCUT2D eigenvalue weighted by molar-refractivity contribution is 0.0490. The van der Waals surface area contributed by atoms with Crippen LogP contribution in [0.1, 0.15) is 28.1 Å². The second-order valence-corrected chi connectivity index (χ2v) is 7.89. The molecule has 1 atom stereocenters. The van der Waals surface area contributed by atoms with Crippen LogP contribution in [0.5, 0.6) is 0 Å². The van der Waals surface area contributed by atoms with Crippen LogP contribution in [0.2, 0.25) is 0 Å². The first-order valence-electron chi connectivity index (χ1n) is 6.26. The Morgan fingerprint density at radius 1 is 1.33 bits per heavy atom. The van der Waals surface area contributed by atoms with Crippen molar-refractivity contribution in [2.24, 2.45) is 0 Å². The molecule has 2 aromatic rings. The zero-order valence-corrected chi connectivity index (χ0v) is 13.3. The van der Waals surface area contributed by atoms with Crippen molar-refractivity contribution in [1.82, 2.24) is 4.98 Å². The van der Waals surface area contributed by atoms with Crippen molar-refractivity contribution in [2.75, 3.05) is 12.9 Å². The van der Waals surface area contributed by atoms with Gasteiger partial charge in [0.25, 0.3) is 0 Å². The van der Waals surface area contributed by atoms with Crippen LogP contribution in [0.4, 0.5) is 0 Å². The Morgan fingerprint density at radius 2 is 2.00 bits per heavy atom. The molecule has 0 N–H and O–H groups in total. The third kappa shape index (κ3) is 4.12. The molecule has 0 amide bonds. The smallest absolute Gasteiger partial charge is 0.350 e. The maximum atomic E-state index is 11.9. The number of hydrogen-bond acceptors (Lipinski definition) is 6. The van der Waals surface area contributed by atoms with Gasteiger partial charge in [-0.3, -0.25) is 0 Å². The number of benzene rings is 1. The zero-order valence-electron chi connectivity index (χ0n) is 11.6. The van der Waals surface area contributed by atoms with Crippen LogP contribution in [0.15, 0.2) is 40.9 Å². The normalized spacial score (nSPS) is 12.9. The van der Waals surface area contributed by atoms with Gasteiger partial charge in [-0.1, -0.05) is 48.6 Å². The monoisotopic (exact) mass is 325 g/mol. The van der Waals surface area contributed by atoms with Crippen molar-refractivity contribution in [3.8, 4) is 0 Å². The first-order valence-corrected chi connectivity index (χ1v) is 8.96. The van der Waals surface area contributed by atoms with Crippen LogP contribution in [-0.4, -0.2) is 32.2 Å². The summed E-state index contributed by atoms with van der Waals surface area (Å²) in [7, 11) is -3.39. The molecule has 0 aliphatic rings. The number of aromatic nitrogens is 1. The summed E-state index contributed by atoms with van der Waals surface area (Å²) in [5.74, 6) is -0.484. The van der Waals surface area contributed by atoms with E-state index in [4.69, 9.17) is 4.74 Å². The van der Waals surface area contributed by atoms with Crippen LogP contribution in [0.25, 0.3) is 0 Å². The molecule has 0 saturated heterocycles. The highest BCUT2D eigenvalue weighted by Gasteiger charge is 2.18. The molecule has 0 aliphatic carbocycles. The Morgan fingerprint density at radius 3 is 2.57 bits per heavy atom. The van der Waals surface area contributed by atoms with Crippen molar-refractivity contribution < 1.29 is 17.9 Å². The minimum absolute atomic E-state index is 0.0671. The Balaban J connectivity index is 1.98. The highest BCUT2D eigenvalue weighted by molar-refractivity contribution is 7.92. The molecule has 112 valence electrons. The summed E-state index contributed by atoms with van der Waals surface area (Å²) in [5, 5.41) is 0. The third-order valence-corrected chi connectivity index (χ3v) is 5.51. The number of thiazole rings is 1. The van der Waals surface area contributed by atoms with Gasteiger partial charge in [-0.05, 0) is 5.56 Å². The van der Waals surface area contributed by atoms with E-state index in [1.807, 2.05) is 37.3 Å². The van der Waals surface area contributed by atoms with Gasteiger partial charge in [0, 0.05) is 12.2 Å². The second kappa shape index (κ2) is 6.36. The number of nitrogens with zero attached hydrogens (tertiary/aromatic N) is 1. The molecule has 0 bridgehead atoms. The Hall–Kier alpha value is -1.73. The first-order chi connectivity index (χ1) is 9.88. The van der Waals surface area contributed by atoms with E-state index < -0.39 is 15.8 Å². The molecular formula is C14H15NO4S2. The number of hydrogen-bond donors (Lipinski definition) is 0. The van der Waals surface area contributed by atoms with Crippen LogP contribution in [0, 0.1) is 0 Å². The van der Waals surface area contributed by atoms with Gasteiger partial charge in [0.2, 0.25) is 14.2 Å². The van der Waals surface area contributed by atoms with E-state index in [-0.39, 0.29) is 21.7 Å². The molecule has 1 unspecified atom stereocenters. The van der Waals surface area contributed by atoms with Crippen molar-refractivity contribution in [2.45, 2.75) is 17.2 Å². The van der Waals surface area contributed by atoms with Gasteiger partial charge in [0.1, 0.15) is 4.88 Å². The molecule has 0 aliphatic heterocycles. The molecular weight excluding hydrogens is 310 g/mol. The largest absolute Gasteiger partial charge is 0.461 e. The minimum atomic E-state index is -3.39. The van der Waals surface area contributed by atoms with Gasteiger partial charge in [-0.2, -0.15) is 0 Å². The second-order valence-electron chi connectivity index (χ2n) is 4.67. The molecule has 1 aromatic carbocycles. The van der Waals surface area contributed by atoms with E-state index in [0.29, 0.717) is 0 Å². The molecule has 0 spiro atoms. The highest BCUT2D eigenvalue weighted by Crippen LogP contribution is 2.20. The zero-order chi connectivity index (χ0) is 15.5. The highest BCUT2D eigenvalue weighted by atomic mass is 32.2. The molecule has 0 radical (unpaired) electrons. The average molecular weight is 325 g/mol. The van der Waals surface area contributed by atoms with Crippen LogP contribution in [0.3, 0.4) is 0 Å². The topological polar surface area (TPSA) is 73.3 Å². The van der Waals surface area contributed by atoms with Crippen molar-refractivity contribution in [1.29, 1.82) is 0 Å². The SMILES string of the molecule is CC(COC(=O)c1cnc(S(C)(=O)=O)s1)c1ccccc1. The standard InChI is InChI=1S/C14H15NO4S2/c1-10(11-6-4-3-5-7-11)9-19-13(16)12-8-15-14(20-12)21(2,17)18/h3-8,10H,9H2,1-2H3. The number of esters is 1. The van der Waals surface area contributed by atoms with Crippen molar-refractivity contribution in [3.05, 3.63) is 47.0 Å².